The summed E-state index contributed by atoms with van der Waals surface area (Å²) in [5.41, 5.74) is 5.65. The Hall–Kier alpha value is -1.14. The number of anilines is 1. The summed E-state index contributed by atoms with van der Waals surface area (Å²) in [6.07, 6.45) is 3.75. The van der Waals surface area contributed by atoms with Gasteiger partial charge in [0.1, 0.15) is 0 Å². The molecule has 0 spiro atoms. The van der Waals surface area contributed by atoms with Crippen molar-refractivity contribution in [3.63, 3.8) is 0 Å². The average molecular weight is 296 g/mol. The van der Waals surface area contributed by atoms with E-state index >= 15 is 0 Å². The van der Waals surface area contributed by atoms with Gasteiger partial charge >= 0.3 is 0 Å². The smallest absolute Gasteiger partial charge is 0.225 e. The van der Waals surface area contributed by atoms with E-state index in [2.05, 4.69) is 23.7 Å². The van der Waals surface area contributed by atoms with Gasteiger partial charge in [0.2, 0.25) is 5.91 Å². The lowest BCUT2D eigenvalue weighted by molar-refractivity contribution is -0.137. The molecule has 2 rings (SSSR count). The second kappa shape index (κ2) is 6.54. The van der Waals surface area contributed by atoms with Crippen LogP contribution in [0.4, 0.5) is 5.13 Å². The molecular formula is C14H24N4OS. The van der Waals surface area contributed by atoms with Crippen LogP contribution >= 0.6 is 11.3 Å². The molecule has 5 nitrogen and oxygen atoms in total. The Balaban J connectivity index is 1.82. The van der Waals surface area contributed by atoms with Crippen molar-refractivity contribution >= 4 is 22.4 Å². The molecule has 1 aromatic heterocycles. The molecule has 20 heavy (non-hydrogen) atoms. The third-order valence-corrected chi connectivity index (χ3v) is 4.82. The van der Waals surface area contributed by atoms with E-state index in [0.29, 0.717) is 11.0 Å². The molecule has 1 amide bonds. The van der Waals surface area contributed by atoms with Crippen molar-refractivity contribution in [2.45, 2.75) is 39.3 Å². The van der Waals surface area contributed by atoms with Crippen molar-refractivity contribution in [3.8, 4) is 0 Å². The number of piperidine rings is 1. The van der Waals surface area contributed by atoms with E-state index in [-0.39, 0.29) is 12.0 Å². The molecule has 0 radical (unpaired) electrons. The zero-order valence-electron chi connectivity index (χ0n) is 12.5. The van der Waals surface area contributed by atoms with Gasteiger partial charge in [-0.05, 0) is 39.8 Å². The van der Waals surface area contributed by atoms with Gasteiger partial charge in [0.15, 0.2) is 5.13 Å². The van der Waals surface area contributed by atoms with E-state index in [1.54, 1.807) is 11.3 Å². The summed E-state index contributed by atoms with van der Waals surface area (Å²) in [5.74, 6) is 0.479. The molecule has 1 aliphatic heterocycles. The van der Waals surface area contributed by atoms with Crippen LogP contribution in [-0.2, 0) is 11.3 Å². The van der Waals surface area contributed by atoms with E-state index in [0.717, 1.165) is 32.5 Å². The standard InChI is InChI=1S/C14H24N4OS/c1-10(2)17(3)13(19)11-4-6-18(7-5-11)9-12-8-16-14(15)20-12/h8,10-11H,4-7,9H2,1-3H3,(H2,15,16). The van der Waals surface area contributed by atoms with E-state index in [9.17, 15) is 4.79 Å². The van der Waals surface area contributed by atoms with Crippen molar-refractivity contribution in [3.05, 3.63) is 11.1 Å². The summed E-state index contributed by atoms with van der Waals surface area (Å²) in [6.45, 7) is 6.96. The Bertz CT molecular complexity index is 452. The Kier molecular flexibility index (Phi) is 4.99. The summed E-state index contributed by atoms with van der Waals surface area (Å²) in [4.78, 5) is 21.8. The zero-order chi connectivity index (χ0) is 14.7. The number of aromatic nitrogens is 1. The first-order valence-corrected chi connectivity index (χ1v) is 7.98. The number of thiazole rings is 1. The first kappa shape index (κ1) is 15.3. The SMILES string of the molecule is CC(C)N(C)C(=O)C1CCN(Cc2cnc(N)s2)CC1. The summed E-state index contributed by atoms with van der Waals surface area (Å²) in [5, 5.41) is 0.628. The predicted octanol–water partition coefficient (Wildman–Crippen LogP) is 1.80. The molecule has 0 unspecified atom stereocenters. The van der Waals surface area contributed by atoms with Gasteiger partial charge in [-0.3, -0.25) is 9.69 Å². The summed E-state index contributed by atoms with van der Waals surface area (Å²) in [7, 11) is 1.90. The van der Waals surface area contributed by atoms with Crippen LogP contribution in [-0.4, -0.2) is 46.9 Å². The number of nitrogens with two attached hydrogens (primary N) is 1. The normalized spacial score (nSPS) is 17.6. The zero-order valence-corrected chi connectivity index (χ0v) is 13.3. The van der Waals surface area contributed by atoms with Gasteiger partial charge < -0.3 is 10.6 Å². The molecule has 0 bridgehead atoms. The topological polar surface area (TPSA) is 62.5 Å². The third kappa shape index (κ3) is 3.70. The fraction of sp³-hybridized carbons (Fsp3) is 0.714. The quantitative estimate of drug-likeness (QED) is 0.920. The molecule has 1 aromatic rings. The highest BCUT2D eigenvalue weighted by atomic mass is 32.1. The molecule has 2 heterocycles. The van der Waals surface area contributed by atoms with Crippen LogP contribution < -0.4 is 5.73 Å². The van der Waals surface area contributed by atoms with Crippen molar-refractivity contribution < 1.29 is 4.79 Å². The number of nitrogens with zero attached hydrogens (tertiary/aromatic N) is 3. The lowest BCUT2D eigenvalue weighted by Gasteiger charge is -2.34. The summed E-state index contributed by atoms with van der Waals surface area (Å²) in [6, 6.07) is 0.278. The minimum Gasteiger partial charge on any atom is -0.375 e. The van der Waals surface area contributed by atoms with Crippen LogP contribution in [0.2, 0.25) is 0 Å². The molecule has 0 saturated carbocycles. The maximum Gasteiger partial charge on any atom is 0.225 e. The van der Waals surface area contributed by atoms with Gasteiger partial charge in [0.25, 0.3) is 0 Å². The van der Waals surface area contributed by atoms with Crippen LogP contribution in [0.25, 0.3) is 0 Å². The van der Waals surface area contributed by atoms with Crippen LogP contribution in [0.15, 0.2) is 6.20 Å². The highest BCUT2D eigenvalue weighted by Gasteiger charge is 2.28. The minimum absolute atomic E-state index is 0.185. The second-order valence-corrected chi connectivity index (χ2v) is 6.90. The van der Waals surface area contributed by atoms with E-state index < -0.39 is 0 Å². The number of hydrogen-bond acceptors (Lipinski definition) is 5. The van der Waals surface area contributed by atoms with Crippen LogP contribution in [0.5, 0.6) is 0 Å². The molecule has 112 valence electrons. The Morgan fingerprint density at radius 2 is 2.20 bits per heavy atom. The molecule has 2 N–H and O–H groups in total. The van der Waals surface area contributed by atoms with Crippen molar-refractivity contribution in [1.82, 2.24) is 14.8 Å². The molecule has 0 aromatic carbocycles. The Morgan fingerprint density at radius 1 is 1.55 bits per heavy atom. The Labute approximate surface area is 124 Å². The van der Waals surface area contributed by atoms with Crippen LogP contribution in [0, 0.1) is 5.92 Å². The number of likely N-dealkylation sites (tertiary alicyclic amines) is 1. The lowest BCUT2D eigenvalue weighted by Crippen LogP contribution is -2.43. The van der Waals surface area contributed by atoms with Gasteiger partial charge in [0, 0.05) is 36.6 Å². The molecule has 1 saturated heterocycles. The molecule has 0 atom stereocenters. The van der Waals surface area contributed by atoms with Gasteiger partial charge in [-0.1, -0.05) is 0 Å². The average Bonchev–Trinajstić information content (AvgIpc) is 2.83. The maximum absolute atomic E-state index is 12.3. The van der Waals surface area contributed by atoms with Gasteiger partial charge in [-0.2, -0.15) is 0 Å². The first-order chi connectivity index (χ1) is 9.47. The van der Waals surface area contributed by atoms with Crippen LogP contribution in [0.1, 0.15) is 31.6 Å². The number of carbonyl (C=O) groups is 1. The van der Waals surface area contributed by atoms with Crippen molar-refractivity contribution in [1.29, 1.82) is 0 Å². The van der Waals surface area contributed by atoms with Gasteiger partial charge in [-0.25, -0.2) is 4.98 Å². The van der Waals surface area contributed by atoms with E-state index in [1.165, 1.54) is 4.88 Å². The summed E-state index contributed by atoms with van der Waals surface area (Å²) >= 11 is 1.55. The second-order valence-electron chi connectivity index (χ2n) is 5.76. The monoisotopic (exact) mass is 296 g/mol. The number of amides is 1. The summed E-state index contributed by atoms with van der Waals surface area (Å²) < 4.78 is 0. The van der Waals surface area contributed by atoms with Gasteiger partial charge in [0.05, 0.1) is 0 Å². The third-order valence-electron chi connectivity index (χ3n) is 4.01. The van der Waals surface area contributed by atoms with E-state index in [1.807, 2.05) is 18.1 Å². The number of hydrogen-bond donors (Lipinski definition) is 1. The predicted molar refractivity (Wildman–Crippen MR) is 82.4 cm³/mol. The van der Waals surface area contributed by atoms with Crippen molar-refractivity contribution in [2.24, 2.45) is 5.92 Å². The molecular weight excluding hydrogens is 272 g/mol. The molecule has 1 aliphatic rings. The minimum atomic E-state index is 0.185. The highest BCUT2D eigenvalue weighted by Crippen LogP contribution is 2.23. The maximum atomic E-state index is 12.3. The lowest BCUT2D eigenvalue weighted by atomic mass is 9.95. The van der Waals surface area contributed by atoms with E-state index in [4.69, 9.17) is 5.73 Å². The molecule has 0 aliphatic carbocycles. The van der Waals surface area contributed by atoms with Crippen molar-refractivity contribution in [2.75, 3.05) is 25.9 Å². The number of rotatable bonds is 4. The largest absolute Gasteiger partial charge is 0.375 e. The Morgan fingerprint density at radius 3 is 2.70 bits per heavy atom. The highest BCUT2D eigenvalue weighted by molar-refractivity contribution is 7.15. The molecule has 1 fully saturated rings. The van der Waals surface area contributed by atoms with Gasteiger partial charge in [-0.15, -0.1) is 11.3 Å². The number of carbonyl (C=O) groups excluding carboxylic acids is 1. The fourth-order valence-corrected chi connectivity index (χ4v) is 3.22. The fourth-order valence-electron chi connectivity index (χ4n) is 2.50. The number of nitrogen functional groups attached to an aromatic ring is 1. The molecule has 6 heteroatoms. The first-order valence-electron chi connectivity index (χ1n) is 7.16. The van der Waals surface area contributed by atoms with Crippen LogP contribution in [0.3, 0.4) is 0 Å².